The summed E-state index contributed by atoms with van der Waals surface area (Å²) in [5.74, 6) is -3.69. The summed E-state index contributed by atoms with van der Waals surface area (Å²) in [5, 5.41) is 20.8. The van der Waals surface area contributed by atoms with Crippen molar-refractivity contribution in [3.05, 3.63) is 29.5 Å². The summed E-state index contributed by atoms with van der Waals surface area (Å²) in [4.78, 5) is 24.0. The fourth-order valence-corrected chi connectivity index (χ4v) is 0.629. The topological polar surface area (TPSA) is 93.1 Å². The van der Waals surface area contributed by atoms with Gasteiger partial charge in [0.05, 0.1) is 20.4 Å². The zero-order valence-corrected chi connectivity index (χ0v) is 11.7. The first-order valence-corrected chi connectivity index (χ1v) is 2.84. The van der Waals surface area contributed by atoms with Gasteiger partial charge in [0.1, 0.15) is 0 Å². The number of aromatic nitrogens is 1. The van der Waals surface area contributed by atoms with E-state index in [2.05, 4.69) is 4.98 Å². The van der Waals surface area contributed by atoms with Crippen LogP contribution in [0, 0.1) is 0 Å². The average Bonchev–Trinajstić information content (AvgIpc) is 2.01. The van der Waals surface area contributed by atoms with Gasteiger partial charge in [0.2, 0.25) is 0 Å². The molecule has 0 saturated carbocycles. The molecule has 0 spiro atoms. The fraction of sp³-hybridized carbons (Fsp3) is 0. The Hall–Kier alpha value is 0.0900. The average molecular weight is 213 g/mol. The molecule has 0 unspecified atom stereocenters. The minimum atomic E-state index is -1.85. The smallest absolute Gasteiger partial charge is 0.545 e. The molecule has 1 aromatic rings. The van der Waals surface area contributed by atoms with Crippen molar-refractivity contribution in [3.8, 4) is 0 Å². The van der Waals surface area contributed by atoms with Crippen LogP contribution >= 0.6 is 0 Å². The third kappa shape index (κ3) is 4.08. The van der Waals surface area contributed by atoms with E-state index >= 15 is 0 Å². The molecule has 0 fully saturated rings. The Kier molecular flexibility index (Phi) is 6.42. The van der Waals surface area contributed by atoms with E-state index in [0.717, 1.165) is 6.07 Å². The number of hydrogen-bond donors (Lipinski definition) is 0. The van der Waals surface area contributed by atoms with Crippen LogP contribution in [0.3, 0.4) is 0 Å². The summed E-state index contributed by atoms with van der Waals surface area (Å²) >= 11 is 0. The van der Waals surface area contributed by atoms with Gasteiger partial charge < -0.3 is 19.8 Å². The summed E-state index contributed by atoms with van der Waals surface area (Å²) in [7, 11) is 0. The summed E-state index contributed by atoms with van der Waals surface area (Å²) in [5.41, 5.74) is -1.83. The SMILES string of the molecule is [2H]c1cc([2H])c(C(=O)[O-])c(C(=O)[O-])n1.[Na+].[Na+]. The predicted molar refractivity (Wildman–Crippen MR) is 32.9 cm³/mol. The van der Waals surface area contributed by atoms with Crippen molar-refractivity contribution in [3.63, 3.8) is 0 Å². The number of nitrogens with zero attached hydrogens (tertiary/aromatic N) is 1. The van der Waals surface area contributed by atoms with Gasteiger partial charge in [-0.15, -0.1) is 0 Å². The Morgan fingerprint density at radius 1 is 1.29 bits per heavy atom. The van der Waals surface area contributed by atoms with E-state index in [1.807, 2.05) is 0 Å². The number of pyridine rings is 1. The largest absolute Gasteiger partial charge is 1.00 e. The molecule has 0 aliphatic carbocycles. The maximum Gasteiger partial charge on any atom is 1.00 e. The van der Waals surface area contributed by atoms with Crippen molar-refractivity contribution < 1.29 is 81.7 Å². The second-order valence-electron chi connectivity index (χ2n) is 1.83. The van der Waals surface area contributed by atoms with Gasteiger partial charge in [0.15, 0.2) is 0 Å². The van der Waals surface area contributed by atoms with Gasteiger partial charge in [-0.05, 0) is 12.1 Å². The summed E-state index contributed by atoms with van der Waals surface area (Å²) < 4.78 is 14.1. The fourth-order valence-electron chi connectivity index (χ4n) is 0.629. The molecule has 0 aliphatic heterocycles. The minimum Gasteiger partial charge on any atom is -0.545 e. The summed E-state index contributed by atoms with van der Waals surface area (Å²) in [6.45, 7) is 0. The van der Waals surface area contributed by atoms with Crippen molar-refractivity contribution >= 4 is 11.9 Å². The van der Waals surface area contributed by atoms with Crippen molar-refractivity contribution in [1.29, 1.82) is 0 Å². The second-order valence-corrected chi connectivity index (χ2v) is 1.83. The number of carboxylic acid groups (broad SMARTS) is 2. The van der Waals surface area contributed by atoms with Crippen LogP contribution in [0.1, 0.15) is 23.6 Å². The molecule has 0 bridgehead atoms. The zero-order chi connectivity index (χ0) is 10.9. The van der Waals surface area contributed by atoms with Gasteiger partial charge in [-0.3, -0.25) is 4.98 Å². The first kappa shape index (κ1) is 12.2. The third-order valence-corrected chi connectivity index (χ3v) is 1.09. The van der Waals surface area contributed by atoms with Gasteiger partial charge in [-0.2, -0.15) is 0 Å². The Balaban J connectivity index is 0. The molecular weight excluding hydrogens is 208 g/mol. The standard InChI is InChI=1S/C7H5NO4.2Na/c9-6(10)4-2-1-3-8-5(4)7(11)12;;/h1-3H,(H,9,10)(H,11,12);;/q;2*+1/p-2/i2D,3D;;. The molecule has 7 heteroatoms. The van der Waals surface area contributed by atoms with E-state index in [1.165, 1.54) is 0 Å². The Bertz CT molecular complexity index is 427. The first-order chi connectivity index (χ1) is 6.43. The summed E-state index contributed by atoms with van der Waals surface area (Å²) in [6.07, 6.45) is -0.515. The molecule has 0 radical (unpaired) electrons. The van der Waals surface area contributed by atoms with Gasteiger partial charge in [0.25, 0.3) is 0 Å². The van der Waals surface area contributed by atoms with Crippen LogP contribution in [0.15, 0.2) is 18.3 Å². The number of carboxylic acids is 2. The van der Waals surface area contributed by atoms with E-state index in [1.54, 1.807) is 0 Å². The number of hydrogen-bond acceptors (Lipinski definition) is 5. The van der Waals surface area contributed by atoms with E-state index in [0.29, 0.717) is 0 Å². The molecule has 1 rings (SSSR count). The molecule has 14 heavy (non-hydrogen) atoms. The number of aromatic carboxylic acids is 2. The van der Waals surface area contributed by atoms with Crippen molar-refractivity contribution in [1.82, 2.24) is 4.98 Å². The third-order valence-electron chi connectivity index (χ3n) is 1.09. The minimum absolute atomic E-state index is 0. The first-order valence-electron chi connectivity index (χ1n) is 3.84. The van der Waals surface area contributed by atoms with Crippen LogP contribution in [0.2, 0.25) is 0 Å². The maximum atomic E-state index is 10.4. The Labute approximate surface area is 127 Å². The van der Waals surface area contributed by atoms with Gasteiger partial charge in [-0.25, -0.2) is 0 Å². The second kappa shape index (κ2) is 7.39. The van der Waals surface area contributed by atoms with E-state index in [4.69, 9.17) is 2.74 Å². The maximum absolute atomic E-state index is 10.4. The van der Waals surface area contributed by atoms with Crippen LogP contribution in [0.25, 0.3) is 0 Å². The molecular formula is C7H3NNa2O4. The molecule has 0 saturated heterocycles. The monoisotopic (exact) mass is 213 g/mol. The van der Waals surface area contributed by atoms with Crippen molar-refractivity contribution in [2.24, 2.45) is 0 Å². The predicted octanol–water partition coefficient (Wildman–Crippen LogP) is -8.18. The van der Waals surface area contributed by atoms with Crippen molar-refractivity contribution in [2.45, 2.75) is 0 Å². The van der Waals surface area contributed by atoms with Crippen LogP contribution < -0.4 is 69.3 Å². The van der Waals surface area contributed by atoms with E-state index in [9.17, 15) is 19.8 Å². The van der Waals surface area contributed by atoms with Crippen LogP contribution in [-0.4, -0.2) is 16.9 Å². The molecule has 0 atom stereocenters. The molecule has 1 aromatic heterocycles. The van der Waals surface area contributed by atoms with Crippen LogP contribution in [0.4, 0.5) is 0 Å². The number of carbonyl (C=O) groups excluding carboxylic acids is 2. The molecule has 0 amide bonds. The molecule has 0 aromatic carbocycles. The van der Waals surface area contributed by atoms with Gasteiger partial charge in [-0.1, -0.05) is 0 Å². The normalized spacial score (nSPS) is 10.0. The van der Waals surface area contributed by atoms with Gasteiger partial charge in [0, 0.05) is 11.7 Å². The zero-order valence-electron chi connectivity index (χ0n) is 9.66. The molecule has 1 heterocycles. The molecule has 62 valence electrons. The van der Waals surface area contributed by atoms with Gasteiger partial charge >= 0.3 is 59.1 Å². The quantitative estimate of drug-likeness (QED) is 0.455. The van der Waals surface area contributed by atoms with Crippen molar-refractivity contribution in [2.75, 3.05) is 0 Å². The molecule has 0 N–H and O–H groups in total. The summed E-state index contributed by atoms with van der Waals surface area (Å²) in [6, 6.07) is 0.168. The number of carbonyl (C=O) groups is 2. The molecule has 0 aliphatic rings. The van der Waals surface area contributed by atoms with Crippen LogP contribution in [0.5, 0.6) is 0 Å². The molecule has 5 nitrogen and oxygen atoms in total. The van der Waals surface area contributed by atoms with E-state index < -0.39 is 35.4 Å². The van der Waals surface area contributed by atoms with E-state index in [-0.39, 0.29) is 59.1 Å². The van der Waals surface area contributed by atoms with Crippen LogP contribution in [-0.2, 0) is 0 Å². The number of rotatable bonds is 2. The Morgan fingerprint density at radius 3 is 2.29 bits per heavy atom. The Morgan fingerprint density at radius 2 is 1.86 bits per heavy atom.